The first-order chi connectivity index (χ1) is 12.6. The highest BCUT2D eigenvalue weighted by molar-refractivity contribution is 8.00. The normalized spacial score (nSPS) is 22.7. The number of imidazole rings is 1. The van der Waals surface area contributed by atoms with Crippen LogP contribution in [0.3, 0.4) is 0 Å². The van der Waals surface area contributed by atoms with Crippen LogP contribution in [0.1, 0.15) is 23.2 Å². The molecule has 5 rings (SSSR count). The van der Waals surface area contributed by atoms with Crippen molar-refractivity contribution in [3.05, 3.63) is 71.4 Å². The van der Waals surface area contributed by atoms with Crippen molar-refractivity contribution in [3.8, 4) is 11.3 Å². The average Bonchev–Trinajstić information content (AvgIpc) is 3.23. The molecule has 0 radical (unpaired) electrons. The summed E-state index contributed by atoms with van der Waals surface area (Å²) >= 11 is 1.35. The van der Waals surface area contributed by atoms with Gasteiger partial charge in [-0.15, -0.1) is 0 Å². The van der Waals surface area contributed by atoms with Gasteiger partial charge in [-0.25, -0.2) is 4.98 Å². The number of aliphatic hydroxyl groups is 1. The Morgan fingerprint density at radius 2 is 1.92 bits per heavy atom. The fraction of sp³-hybridized carbons (Fsp3) is 0.200. The molecule has 2 aliphatic rings. The molecule has 2 heterocycles. The molecule has 1 aliphatic carbocycles. The molecule has 2 N–H and O–H groups in total. The SMILES string of the molecule is O=C(O)C[C@H]1Sc2nc3c(n2[C@@]1(O)c1ccccc1)-c1ccccc1C3. The minimum atomic E-state index is -1.45. The third kappa shape index (κ3) is 2.03. The maximum atomic E-state index is 11.8. The van der Waals surface area contributed by atoms with Crippen LogP contribution >= 0.6 is 11.8 Å². The van der Waals surface area contributed by atoms with Crippen LogP contribution in [0.2, 0.25) is 0 Å². The third-order valence-corrected chi connectivity index (χ3v) is 6.41. The predicted molar refractivity (Wildman–Crippen MR) is 98.1 cm³/mol. The van der Waals surface area contributed by atoms with Gasteiger partial charge in [-0.1, -0.05) is 66.4 Å². The molecule has 3 aromatic rings. The van der Waals surface area contributed by atoms with E-state index in [9.17, 15) is 15.0 Å². The van der Waals surface area contributed by atoms with Crippen molar-refractivity contribution in [1.82, 2.24) is 9.55 Å². The Balaban J connectivity index is 1.75. The molecule has 2 aromatic carbocycles. The molecule has 0 fully saturated rings. The first-order valence-electron chi connectivity index (χ1n) is 8.45. The van der Waals surface area contributed by atoms with E-state index in [4.69, 9.17) is 4.98 Å². The zero-order chi connectivity index (χ0) is 17.9. The number of carboxylic acid groups (broad SMARTS) is 1. The van der Waals surface area contributed by atoms with Crippen molar-refractivity contribution in [2.45, 2.75) is 29.0 Å². The van der Waals surface area contributed by atoms with E-state index in [2.05, 4.69) is 6.07 Å². The Morgan fingerprint density at radius 3 is 2.69 bits per heavy atom. The lowest BCUT2D eigenvalue weighted by molar-refractivity contribution is -0.138. The fourth-order valence-electron chi connectivity index (χ4n) is 4.02. The number of nitrogens with zero attached hydrogens (tertiary/aromatic N) is 2. The number of aromatic nitrogens is 2. The molecule has 0 unspecified atom stereocenters. The van der Waals surface area contributed by atoms with Crippen molar-refractivity contribution in [1.29, 1.82) is 0 Å². The van der Waals surface area contributed by atoms with Gasteiger partial charge in [-0.2, -0.15) is 0 Å². The molecule has 1 aliphatic heterocycles. The Labute approximate surface area is 154 Å². The van der Waals surface area contributed by atoms with Gasteiger partial charge in [0.2, 0.25) is 0 Å². The first-order valence-corrected chi connectivity index (χ1v) is 9.33. The monoisotopic (exact) mass is 364 g/mol. The quantitative estimate of drug-likeness (QED) is 0.584. The van der Waals surface area contributed by atoms with Crippen LogP contribution in [0.4, 0.5) is 0 Å². The number of aliphatic carboxylic acids is 1. The molecule has 0 saturated carbocycles. The maximum Gasteiger partial charge on any atom is 0.304 e. The van der Waals surface area contributed by atoms with E-state index in [1.807, 2.05) is 53.1 Å². The highest BCUT2D eigenvalue weighted by Crippen LogP contribution is 2.53. The Kier molecular flexibility index (Phi) is 3.29. The van der Waals surface area contributed by atoms with E-state index in [-0.39, 0.29) is 6.42 Å². The zero-order valence-electron chi connectivity index (χ0n) is 13.8. The largest absolute Gasteiger partial charge is 0.481 e. The molecule has 1 aromatic heterocycles. The Morgan fingerprint density at radius 1 is 1.19 bits per heavy atom. The second-order valence-corrected chi connectivity index (χ2v) is 7.83. The summed E-state index contributed by atoms with van der Waals surface area (Å²) in [5.74, 6) is -0.931. The van der Waals surface area contributed by atoms with Gasteiger partial charge in [0, 0.05) is 17.5 Å². The molecule has 0 amide bonds. The van der Waals surface area contributed by atoms with E-state index in [0.29, 0.717) is 10.7 Å². The van der Waals surface area contributed by atoms with Crippen LogP contribution in [0.5, 0.6) is 0 Å². The molecule has 130 valence electrons. The van der Waals surface area contributed by atoms with Gasteiger partial charge in [0.05, 0.1) is 23.1 Å². The molecular weight excluding hydrogens is 348 g/mol. The van der Waals surface area contributed by atoms with Gasteiger partial charge in [-0.3, -0.25) is 9.36 Å². The third-order valence-electron chi connectivity index (χ3n) is 5.15. The lowest BCUT2D eigenvalue weighted by Gasteiger charge is -2.32. The summed E-state index contributed by atoms with van der Waals surface area (Å²) in [5, 5.41) is 21.4. The summed E-state index contributed by atoms with van der Waals surface area (Å²) in [6, 6.07) is 17.4. The molecule has 5 nitrogen and oxygen atoms in total. The van der Waals surface area contributed by atoms with Crippen molar-refractivity contribution in [3.63, 3.8) is 0 Å². The summed E-state index contributed by atoms with van der Waals surface area (Å²) in [5.41, 5.74) is 3.33. The maximum absolute atomic E-state index is 11.8. The van der Waals surface area contributed by atoms with Crippen molar-refractivity contribution < 1.29 is 15.0 Å². The van der Waals surface area contributed by atoms with Crippen LogP contribution in [-0.4, -0.2) is 31.0 Å². The number of fused-ring (bicyclic) bond motifs is 5. The van der Waals surface area contributed by atoms with E-state index in [0.717, 1.165) is 23.4 Å². The van der Waals surface area contributed by atoms with Gasteiger partial charge in [-0.05, 0) is 5.56 Å². The summed E-state index contributed by atoms with van der Waals surface area (Å²) in [7, 11) is 0. The van der Waals surface area contributed by atoms with Gasteiger partial charge in [0.1, 0.15) is 0 Å². The van der Waals surface area contributed by atoms with Crippen molar-refractivity contribution in [2.24, 2.45) is 0 Å². The molecule has 26 heavy (non-hydrogen) atoms. The summed E-state index contributed by atoms with van der Waals surface area (Å²) in [6.45, 7) is 0. The number of hydrogen-bond acceptors (Lipinski definition) is 4. The minimum absolute atomic E-state index is 0.143. The first kappa shape index (κ1) is 15.7. The summed E-state index contributed by atoms with van der Waals surface area (Å²) in [6.07, 6.45) is 0.594. The minimum Gasteiger partial charge on any atom is -0.481 e. The predicted octanol–water partition coefficient (Wildman–Crippen LogP) is 3.10. The smallest absolute Gasteiger partial charge is 0.304 e. The highest BCUT2D eigenvalue weighted by atomic mass is 32.2. The van der Waals surface area contributed by atoms with Gasteiger partial charge >= 0.3 is 5.97 Å². The molecular formula is C20H16N2O3S. The number of carbonyl (C=O) groups is 1. The lowest BCUT2D eigenvalue weighted by atomic mass is 9.96. The van der Waals surface area contributed by atoms with Gasteiger partial charge < -0.3 is 10.2 Å². The zero-order valence-corrected chi connectivity index (χ0v) is 14.6. The molecule has 6 heteroatoms. The number of carboxylic acids is 1. The van der Waals surface area contributed by atoms with E-state index >= 15 is 0 Å². The van der Waals surface area contributed by atoms with Crippen LogP contribution in [0.15, 0.2) is 59.8 Å². The van der Waals surface area contributed by atoms with Crippen molar-refractivity contribution >= 4 is 17.7 Å². The van der Waals surface area contributed by atoms with Crippen LogP contribution < -0.4 is 0 Å². The Hall–Kier alpha value is -2.57. The fourth-order valence-corrected chi connectivity index (χ4v) is 5.40. The highest BCUT2D eigenvalue weighted by Gasteiger charge is 2.52. The second-order valence-electron chi connectivity index (χ2n) is 6.66. The molecule has 0 bridgehead atoms. The average molecular weight is 364 g/mol. The standard InChI is InChI=1S/C20H16N2O3S/c23-17(24)11-16-20(25,13-7-2-1-3-8-13)22-18-14-9-5-4-6-12(14)10-15(18)21-19(22)26-16/h1-9,16,25H,10-11H2,(H,23,24)/t16-,20-/m1/s1. The molecule has 2 atom stereocenters. The molecule has 0 spiro atoms. The van der Waals surface area contributed by atoms with Crippen LogP contribution in [0.25, 0.3) is 11.3 Å². The van der Waals surface area contributed by atoms with E-state index in [1.165, 1.54) is 17.3 Å². The lowest BCUT2D eigenvalue weighted by Crippen LogP contribution is -2.42. The molecule has 0 saturated heterocycles. The van der Waals surface area contributed by atoms with Crippen LogP contribution in [0, 0.1) is 0 Å². The number of thioether (sulfide) groups is 1. The van der Waals surface area contributed by atoms with Gasteiger partial charge in [0.15, 0.2) is 10.9 Å². The second kappa shape index (κ2) is 5.46. The van der Waals surface area contributed by atoms with E-state index in [1.54, 1.807) is 0 Å². The number of benzene rings is 2. The van der Waals surface area contributed by atoms with Gasteiger partial charge in [0.25, 0.3) is 0 Å². The van der Waals surface area contributed by atoms with Crippen molar-refractivity contribution in [2.75, 3.05) is 0 Å². The summed E-state index contributed by atoms with van der Waals surface area (Å²) in [4.78, 5) is 16.2. The number of rotatable bonds is 3. The number of hydrogen-bond donors (Lipinski definition) is 2. The topological polar surface area (TPSA) is 75.3 Å². The van der Waals surface area contributed by atoms with Crippen LogP contribution in [-0.2, 0) is 16.9 Å². The summed E-state index contributed by atoms with van der Waals surface area (Å²) < 4.78 is 1.85. The van der Waals surface area contributed by atoms with E-state index < -0.39 is 16.9 Å². The Bertz CT molecular complexity index is 1030.